The number of piperazine rings is 1. The van der Waals surface area contributed by atoms with Gasteiger partial charge < -0.3 is 10.2 Å². The van der Waals surface area contributed by atoms with Crippen LogP contribution in [0.25, 0.3) is 0 Å². The minimum absolute atomic E-state index is 0.331. The maximum absolute atomic E-state index is 3.75. The first-order valence-electron chi connectivity index (χ1n) is 8.65. The van der Waals surface area contributed by atoms with Gasteiger partial charge in [-0.25, -0.2) is 0 Å². The van der Waals surface area contributed by atoms with E-state index in [1.54, 1.807) is 0 Å². The molecule has 4 heteroatoms. The van der Waals surface area contributed by atoms with Gasteiger partial charge in [0.1, 0.15) is 0 Å². The summed E-state index contributed by atoms with van der Waals surface area (Å²) in [6, 6.07) is 0.589. The van der Waals surface area contributed by atoms with E-state index in [4.69, 9.17) is 0 Å². The topological polar surface area (TPSA) is 21.8 Å². The van der Waals surface area contributed by atoms with Crippen molar-refractivity contribution in [3.63, 3.8) is 0 Å². The average Bonchev–Trinajstić information content (AvgIpc) is 2.41. The average molecular weight is 299 g/mol. The molecule has 0 aromatic heterocycles. The fourth-order valence-corrected chi connectivity index (χ4v) is 2.76. The van der Waals surface area contributed by atoms with Crippen LogP contribution in [0.2, 0.25) is 0 Å². The molecule has 0 bridgehead atoms. The van der Waals surface area contributed by atoms with Gasteiger partial charge in [0.25, 0.3) is 0 Å². The number of rotatable bonds is 8. The van der Waals surface area contributed by atoms with Gasteiger partial charge in [0.2, 0.25) is 0 Å². The fraction of sp³-hybridized carbons (Fsp3) is 1.00. The summed E-state index contributed by atoms with van der Waals surface area (Å²) in [5.41, 5.74) is 0.331. The maximum atomic E-state index is 3.75. The lowest BCUT2D eigenvalue weighted by Crippen LogP contribution is -2.54. The molecule has 21 heavy (non-hydrogen) atoms. The Balaban J connectivity index is 2.35. The third-order valence-electron chi connectivity index (χ3n) is 4.46. The smallest absolute Gasteiger partial charge is 0.0243 e. The van der Waals surface area contributed by atoms with Crippen LogP contribution in [0.3, 0.4) is 0 Å². The van der Waals surface area contributed by atoms with Gasteiger partial charge in [0, 0.05) is 51.9 Å². The first-order chi connectivity index (χ1) is 9.82. The minimum atomic E-state index is 0.331. The van der Waals surface area contributed by atoms with Gasteiger partial charge in [-0.2, -0.15) is 0 Å². The lowest BCUT2D eigenvalue weighted by atomic mass is 9.86. The van der Waals surface area contributed by atoms with Crippen LogP contribution in [0.5, 0.6) is 0 Å². The molecular formula is C17H38N4. The lowest BCUT2D eigenvalue weighted by molar-refractivity contribution is 0.0985. The normalized spacial score (nSPS) is 20.1. The second kappa shape index (κ2) is 9.09. The van der Waals surface area contributed by atoms with Crippen molar-refractivity contribution in [1.29, 1.82) is 0 Å². The molecular weight excluding hydrogens is 260 g/mol. The van der Waals surface area contributed by atoms with E-state index in [-0.39, 0.29) is 0 Å². The van der Waals surface area contributed by atoms with E-state index >= 15 is 0 Å². The van der Waals surface area contributed by atoms with E-state index in [0.29, 0.717) is 11.5 Å². The molecule has 1 N–H and O–H groups in total. The number of nitrogens with zero attached hydrogens (tertiary/aromatic N) is 3. The summed E-state index contributed by atoms with van der Waals surface area (Å²) in [5, 5.41) is 3.75. The molecule has 0 aromatic rings. The predicted molar refractivity (Wildman–Crippen MR) is 93.0 cm³/mol. The molecule has 1 atom stereocenters. The number of nitrogens with one attached hydrogen (secondary N) is 1. The minimum Gasteiger partial charge on any atom is -0.312 e. The Morgan fingerprint density at radius 1 is 1.05 bits per heavy atom. The van der Waals surface area contributed by atoms with Crippen LogP contribution >= 0.6 is 0 Å². The number of hydrogen-bond donors (Lipinski definition) is 1. The molecule has 0 radical (unpaired) electrons. The van der Waals surface area contributed by atoms with Crippen molar-refractivity contribution in [1.82, 2.24) is 20.0 Å². The molecule has 1 rings (SSSR count). The van der Waals surface area contributed by atoms with Crippen LogP contribution in [0, 0.1) is 5.41 Å². The van der Waals surface area contributed by atoms with E-state index < -0.39 is 0 Å². The molecule has 1 aliphatic rings. The van der Waals surface area contributed by atoms with E-state index in [9.17, 15) is 0 Å². The number of hydrogen-bond acceptors (Lipinski definition) is 4. The second-order valence-corrected chi connectivity index (χ2v) is 7.82. The summed E-state index contributed by atoms with van der Waals surface area (Å²) in [6.07, 6.45) is 1.21. The lowest BCUT2D eigenvalue weighted by Gasteiger charge is -2.40. The molecule has 126 valence electrons. The molecule has 0 spiro atoms. The SMILES string of the molecule is CCCNC(CN1CCN(CCN(C)C)CC1)C(C)(C)C. The summed E-state index contributed by atoms with van der Waals surface area (Å²) < 4.78 is 0. The highest BCUT2D eigenvalue weighted by Gasteiger charge is 2.27. The number of likely N-dealkylation sites (N-methyl/N-ethyl adjacent to an activating group) is 1. The van der Waals surface area contributed by atoms with Crippen molar-refractivity contribution in [3.8, 4) is 0 Å². The van der Waals surface area contributed by atoms with Crippen LogP contribution < -0.4 is 5.32 Å². The van der Waals surface area contributed by atoms with Gasteiger partial charge in [-0.3, -0.25) is 9.80 Å². The van der Waals surface area contributed by atoms with Crippen molar-refractivity contribution < 1.29 is 0 Å². The van der Waals surface area contributed by atoms with Gasteiger partial charge >= 0.3 is 0 Å². The van der Waals surface area contributed by atoms with Gasteiger partial charge in [-0.15, -0.1) is 0 Å². The molecule has 1 fully saturated rings. The van der Waals surface area contributed by atoms with Crippen LogP contribution in [-0.4, -0.2) is 87.2 Å². The van der Waals surface area contributed by atoms with Gasteiger partial charge in [-0.1, -0.05) is 27.7 Å². The quantitative estimate of drug-likeness (QED) is 0.734. The second-order valence-electron chi connectivity index (χ2n) is 7.82. The van der Waals surface area contributed by atoms with Crippen molar-refractivity contribution in [2.24, 2.45) is 5.41 Å². The van der Waals surface area contributed by atoms with Crippen LogP contribution in [0.4, 0.5) is 0 Å². The Morgan fingerprint density at radius 3 is 2.10 bits per heavy atom. The van der Waals surface area contributed by atoms with Crippen molar-refractivity contribution in [2.75, 3.05) is 66.5 Å². The maximum Gasteiger partial charge on any atom is 0.0243 e. The summed E-state index contributed by atoms with van der Waals surface area (Å²) in [4.78, 5) is 7.52. The Morgan fingerprint density at radius 2 is 1.62 bits per heavy atom. The van der Waals surface area contributed by atoms with E-state index in [1.165, 1.54) is 52.2 Å². The Labute approximate surface area is 132 Å². The molecule has 1 unspecified atom stereocenters. The van der Waals surface area contributed by atoms with Crippen LogP contribution in [0.1, 0.15) is 34.1 Å². The van der Waals surface area contributed by atoms with Crippen molar-refractivity contribution in [3.05, 3.63) is 0 Å². The Hall–Kier alpha value is -0.160. The zero-order chi connectivity index (χ0) is 15.9. The molecule has 0 saturated carbocycles. The summed E-state index contributed by atoms with van der Waals surface area (Å²) in [5.74, 6) is 0. The van der Waals surface area contributed by atoms with Crippen LogP contribution in [0.15, 0.2) is 0 Å². The van der Waals surface area contributed by atoms with E-state index in [2.05, 4.69) is 61.8 Å². The van der Waals surface area contributed by atoms with E-state index in [1.807, 2.05) is 0 Å². The first kappa shape index (κ1) is 18.9. The molecule has 4 nitrogen and oxygen atoms in total. The third-order valence-corrected chi connectivity index (χ3v) is 4.46. The molecule has 1 aliphatic heterocycles. The summed E-state index contributed by atoms with van der Waals surface area (Å²) >= 11 is 0. The first-order valence-corrected chi connectivity index (χ1v) is 8.65. The molecule has 1 saturated heterocycles. The highest BCUT2D eigenvalue weighted by Crippen LogP contribution is 2.20. The highest BCUT2D eigenvalue weighted by atomic mass is 15.3. The standard InChI is InChI=1S/C17H38N4/c1-7-8-18-16(17(2,3)4)15-21-13-11-20(12-14-21)10-9-19(5)6/h16,18H,7-15H2,1-6H3. The zero-order valence-electron chi connectivity index (χ0n) is 15.3. The zero-order valence-corrected chi connectivity index (χ0v) is 15.3. The third kappa shape index (κ3) is 7.59. The Bertz CT molecular complexity index is 264. The Kier molecular flexibility index (Phi) is 8.17. The van der Waals surface area contributed by atoms with Crippen LogP contribution in [-0.2, 0) is 0 Å². The predicted octanol–water partition coefficient (Wildman–Crippen LogP) is 1.58. The fourth-order valence-electron chi connectivity index (χ4n) is 2.76. The van der Waals surface area contributed by atoms with Crippen molar-refractivity contribution >= 4 is 0 Å². The van der Waals surface area contributed by atoms with Gasteiger partial charge in [0.05, 0.1) is 0 Å². The van der Waals surface area contributed by atoms with E-state index in [0.717, 1.165) is 6.54 Å². The monoisotopic (exact) mass is 298 g/mol. The summed E-state index contributed by atoms with van der Waals surface area (Å²) in [6.45, 7) is 18.9. The highest BCUT2D eigenvalue weighted by molar-refractivity contribution is 4.85. The largest absolute Gasteiger partial charge is 0.312 e. The van der Waals surface area contributed by atoms with Gasteiger partial charge in [0.15, 0.2) is 0 Å². The molecule has 0 aromatic carbocycles. The molecule has 1 heterocycles. The van der Waals surface area contributed by atoms with Crippen molar-refractivity contribution in [2.45, 2.75) is 40.2 Å². The summed E-state index contributed by atoms with van der Waals surface area (Å²) in [7, 11) is 4.31. The van der Waals surface area contributed by atoms with Gasteiger partial charge in [-0.05, 0) is 32.5 Å². The molecule has 0 amide bonds. The molecule has 0 aliphatic carbocycles.